The maximum Gasteiger partial charge on any atom is 0.243 e. The number of aryl methyl sites for hydroxylation is 1. The van der Waals surface area contributed by atoms with Crippen molar-refractivity contribution in [2.24, 2.45) is 7.05 Å². The van der Waals surface area contributed by atoms with Gasteiger partial charge in [-0.05, 0) is 24.3 Å². The Morgan fingerprint density at radius 1 is 1.25 bits per heavy atom. The molecule has 1 heterocycles. The van der Waals surface area contributed by atoms with Crippen LogP contribution >= 0.6 is 11.6 Å². The molecule has 0 fully saturated rings. The fourth-order valence-corrected chi connectivity index (χ4v) is 3.78. The van der Waals surface area contributed by atoms with E-state index in [0.29, 0.717) is 11.3 Å². The molecule has 10 heteroatoms. The number of benzene rings is 2. The number of halogens is 3. The zero-order valence-electron chi connectivity index (χ0n) is 14.5. The number of hydrogen-bond donors (Lipinski definition) is 1. The highest BCUT2D eigenvalue weighted by molar-refractivity contribution is 7.89. The summed E-state index contributed by atoms with van der Waals surface area (Å²) < 4.78 is 56.1. The van der Waals surface area contributed by atoms with Gasteiger partial charge in [0, 0.05) is 18.8 Å². The molecule has 0 radical (unpaired) electrons. The second-order valence-electron chi connectivity index (χ2n) is 5.92. The monoisotopic (exact) mass is 425 g/mol. The van der Waals surface area contributed by atoms with Crippen LogP contribution in [0.2, 0.25) is 5.02 Å². The summed E-state index contributed by atoms with van der Waals surface area (Å²) in [5.74, 6) is -2.80. The molecule has 0 aliphatic carbocycles. The lowest BCUT2D eigenvalue weighted by atomic mass is 10.0. The van der Waals surface area contributed by atoms with Gasteiger partial charge in [0.1, 0.15) is 10.7 Å². The Morgan fingerprint density at radius 3 is 2.61 bits per heavy atom. The van der Waals surface area contributed by atoms with E-state index in [1.807, 2.05) is 4.72 Å². The Hall–Kier alpha value is -2.62. The van der Waals surface area contributed by atoms with Gasteiger partial charge in [-0.25, -0.2) is 26.9 Å². The number of nitrogens with one attached hydrogen (secondary N) is 1. The number of imidazole rings is 1. The second-order valence-corrected chi connectivity index (χ2v) is 8.06. The summed E-state index contributed by atoms with van der Waals surface area (Å²) in [6, 6.07) is 7.27. The van der Waals surface area contributed by atoms with Gasteiger partial charge in [-0.15, -0.1) is 0 Å². The van der Waals surface area contributed by atoms with E-state index in [9.17, 15) is 22.0 Å². The van der Waals surface area contributed by atoms with E-state index in [1.165, 1.54) is 30.6 Å². The van der Waals surface area contributed by atoms with Crippen molar-refractivity contribution >= 4 is 27.4 Å². The summed E-state index contributed by atoms with van der Waals surface area (Å²) in [7, 11) is -2.55. The summed E-state index contributed by atoms with van der Waals surface area (Å²) in [6.07, 6.45) is 3.18. The molecule has 0 saturated heterocycles. The molecule has 0 atom stereocenters. The van der Waals surface area contributed by atoms with E-state index in [4.69, 9.17) is 11.6 Å². The predicted octanol–water partition coefficient (Wildman–Crippen LogP) is 3.18. The van der Waals surface area contributed by atoms with Crippen LogP contribution in [0.5, 0.6) is 0 Å². The Kier molecular flexibility index (Phi) is 5.59. The highest BCUT2D eigenvalue weighted by atomic mass is 35.5. The van der Waals surface area contributed by atoms with E-state index >= 15 is 0 Å². The third-order valence-electron chi connectivity index (χ3n) is 3.88. The summed E-state index contributed by atoms with van der Waals surface area (Å²) >= 11 is 5.88. The number of nitrogens with zero attached hydrogens (tertiary/aromatic N) is 2. The third kappa shape index (κ3) is 4.11. The average molecular weight is 426 g/mol. The van der Waals surface area contributed by atoms with E-state index in [-0.39, 0.29) is 5.02 Å². The Balaban J connectivity index is 1.87. The molecule has 1 N–H and O–H groups in total. The Bertz CT molecular complexity index is 1160. The summed E-state index contributed by atoms with van der Waals surface area (Å²) in [5.41, 5.74) is 0.460. The molecule has 1 aromatic heterocycles. The van der Waals surface area contributed by atoms with Gasteiger partial charge in [0.05, 0.1) is 29.2 Å². The highest BCUT2D eigenvalue weighted by Crippen LogP contribution is 2.27. The predicted molar refractivity (Wildman–Crippen MR) is 99.5 cm³/mol. The average Bonchev–Trinajstić information content (AvgIpc) is 3.08. The number of aromatic nitrogens is 2. The summed E-state index contributed by atoms with van der Waals surface area (Å²) in [5, 5.41) is -0.302. The first kappa shape index (κ1) is 20.1. The molecule has 0 amide bonds. The number of ketones is 1. The Morgan fingerprint density at radius 2 is 1.96 bits per heavy atom. The standard InChI is InChI=1S/C18H14ClF2N3O3S/c1-24-9-15(22-10-24)11-6-12(18(21)13(19)7-11)16(25)8-23-28(26,27)17-5-3-2-4-14(17)20/h2-7,9-10,23H,8H2,1H3. The molecule has 2 aromatic carbocycles. The van der Waals surface area contributed by atoms with Crippen molar-refractivity contribution in [1.29, 1.82) is 0 Å². The van der Waals surface area contributed by atoms with Crippen LogP contribution in [0.15, 0.2) is 53.8 Å². The van der Waals surface area contributed by atoms with Crippen LogP contribution in [0, 0.1) is 11.6 Å². The molecule has 0 spiro atoms. The number of hydrogen-bond acceptors (Lipinski definition) is 4. The van der Waals surface area contributed by atoms with Crippen LogP contribution in [0.3, 0.4) is 0 Å². The SMILES string of the molecule is Cn1cnc(-c2cc(Cl)c(F)c(C(=O)CNS(=O)(=O)c3ccccc3F)c2)c1. The van der Waals surface area contributed by atoms with Crippen LogP contribution in [0.4, 0.5) is 8.78 Å². The van der Waals surface area contributed by atoms with Crippen molar-refractivity contribution in [3.8, 4) is 11.3 Å². The van der Waals surface area contributed by atoms with Crippen LogP contribution in [0.25, 0.3) is 11.3 Å². The number of Topliss-reactive ketones (excluding diaryl/α,β-unsaturated/α-hetero) is 1. The maximum absolute atomic E-state index is 14.3. The topological polar surface area (TPSA) is 81.1 Å². The first-order valence-electron chi connectivity index (χ1n) is 7.94. The van der Waals surface area contributed by atoms with E-state index in [2.05, 4.69) is 4.98 Å². The van der Waals surface area contributed by atoms with Gasteiger partial charge in [0.2, 0.25) is 10.0 Å². The summed E-state index contributed by atoms with van der Waals surface area (Å²) in [4.78, 5) is 15.9. The van der Waals surface area contributed by atoms with Crippen molar-refractivity contribution in [3.05, 3.63) is 71.1 Å². The molecular weight excluding hydrogens is 412 g/mol. The number of sulfonamides is 1. The summed E-state index contributed by atoms with van der Waals surface area (Å²) in [6.45, 7) is -0.768. The van der Waals surface area contributed by atoms with Crippen LogP contribution in [0.1, 0.15) is 10.4 Å². The van der Waals surface area contributed by atoms with Crippen LogP contribution in [-0.4, -0.2) is 30.3 Å². The van der Waals surface area contributed by atoms with Gasteiger partial charge in [0.25, 0.3) is 0 Å². The first-order valence-corrected chi connectivity index (χ1v) is 9.80. The zero-order chi connectivity index (χ0) is 20.5. The minimum absolute atomic E-state index is 0.302. The van der Waals surface area contributed by atoms with Crippen molar-refractivity contribution in [2.45, 2.75) is 4.90 Å². The molecule has 0 bridgehead atoms. The van der Waals surface area contributed by atoms with E-state index in [1.54, 1.807) is 17.8 Å². The molecular formula is C18H14ClF2N3O3S. The third-order valence-corrected chi connectivity index (χ3v) is 5.59. The highest BCUT2D eigenvalue weighted by Gasteiger charge is 2.22. The van der Waals surface area contributed by atoms with E-state index < -0.39 is 44.4 Å². The van der Waals surface area contributed by atoms with E-state index in [0.717, 1.165) is 12.1 Å². The number of carbonyl (C=O) groups excluding carboxylic acids is 1. The van der Waals surface area contributed by atoms with Crippen LogP contribution < -0.4 is 4.72 Å². The smallest absolute Gasteiger partial charge is 0.243 e. The molecule has 0 saturated carbocycles. The van der Waals surface area contributed by atoms with Crippen LogP contribution in [-0.2, 0) is 17.1 Å². The van der Waals surface area contributed by atoms with Crippen molar-refractivity contribution in [2.75, 3.05) is 6.54 Å². The number of carbonyl (C=O) groups is 1. The second kappa shape index (κ2) is 7.78. The maximum atomic E-state index is 14.3. The van der Waals surface area contributed by atoms with Crippen molar-refractivity contribution < 1.29 is 22.0 Å². The number of rotatable bonds is 6. The molecule has 0 aliphatic heterocycles. The molecule has 3 rings (SSSR count). The largest absolute Gasteiger partial charge is 0.340 e. The molecule has 28 heavy (non-hydrogen) atoms. The van der Waals surface area contributed by atoms with Gasteiger partial charge >= 0.3 is 0 Å². The van der Waals surface area contributed by atoms with Gasteiger partial charge in [-0.1, -0.05) is 23.7 Å². The molecule has 0 aliphatic rings. The Labute approximate surface area is 164 Å². The quantitative estimate of drug-likeness (QED) is 0.615. The van der Waals surface area contributed by atoms with Gasteiger partial charge in [0.15, 0.2) is 11.6 Å². The molecule has 6 nitrogen and oxygen atoms in total. The minimum Gasteiger partial charge on any atom is -0.340 e. The van der Waals surface area contributed by atoms with Gasteiger partial charge in [-0.3, -0.25) is 4.79 Å². The fraction of sp³-hybridized carbons (Fsp3) is 0.111. The molecule has 0 unspecified atom stereocenters. The minimum atomic E-state index is -4.29. The molecule has 146 valence electrons. The molecule has 3 aromatic rings. The lowest BCUT2D eigenvalue weighted by molar-refractivity contribution is 0.0993. The van der Waals surface area contributed by atoms with Crippen molar-refractivity contribution in [3.63, 3.8) is 0 Å². The first-order chi connectivity index (χ1) is 13.2. The lowest BCUT2D eigenvalue weighted by Crippen LogP contribution is -2.30. The van der Waals surface area contributed by atoms with Gasteiger partial charge < -0.3 is 4.57 Å². The van der Waals surface area contributed by atoms with Gasteiger partial charge in [-0.2, -0.15) is 0 Å². The lowest BCUT2D eigenvalue weighted by Gasteiger charge is -2.09. The fourth-order valence-electron chi connectivity index (χ4n) is 2.50. The van der Waals surface area contributed by atoms with Crippen molar-refractivity contribution in [1.82, 2.24) is 14.3 Å². The zero-order valence-corrected chi connectivity index (χ0v) is 16.1. The normalized spacial score (nSPS) is 11.6.